The molecule has 0 atom stereocenters. The van der Waals surface area contributed by atoms with Crippen LogP contribution >= 0.6 is 0 Å². The predicted octanol–water partition coefficient (Wildman–Crippen LogP) is 5.28. The van der Waals surface area contributed by atoms with Gasteiger partial charge in [0, 0.05) is 28.0 Å². The molecule has 0 fully saturated rings. The van der Waals surface area contributed by atoms with Crippen molar-refractivity contribution in [3.8, 4) is 17.0 Å². The van der Waals surface area contributed by atoms with Gasteiger partial charge in [0.25, 0.3) is 0 Å². The van der Waals surface area contributed by atoms with Crippen molar-refractivity contribution in [1.29, 1.82) is 0 Å². The summed E-state index contributed by atoms with van der Waals surface area (Å²) in [6, 6.07) is 15.5. The molecule has 0 aliphatic heterocycles. The number of benzene rings is 2. The number of nitrogens with one attached hydrogen (secondary N) is 1. The van der Waals surface area contributed by atoms with E-state index in [4.69, 9.17) is 0 Å². The highest BCUT2D eigenvalue weighted by Crippen LogP contribution is 2.32. The van der Waals surface area contributed by atoms with Crippen LogP contribution in [0.1, 0.15) is 0 Å². The summed E-state index contributed by atoms with van der Waals surface area (Å²) in [4.78, 5) is 7.71. The Morgan fingerprint density at radius 3 is 2.38 bits per heavy atom. The molecule has 1 N–H and O–H groups in total. The van der Waals surface area contributed by atoms with E-state index in [1.165, 1.54) is 12.1 Å². The molecule has 0 saturated carbocycles. The van der Waals surface area contributed by atoms with Gasteiger partial charge in [-0.05, 0) is 36.4 Å². The number of halogens is 3. The van der Waals surface area contributed by atoms with E-state index in [9.17, 15) is 13.2 Å². The van der Waals surface area contributed by atoms with Crippen molar-refractivity contribution in [2.75, 3.05) is 0 Å². The van der Waals surface area contributed by atoms with E-state index in [0.717, 1.165) is 21.8 Å². The number of aromatic nitrogens is 2. The Hall–Kier alpha value is -3.02. The van der Waals surface area contributed by atoms with Crippen molar-refractivity contribution in [2.24, 2.45) is 0 Å². The van der Waals surface area contributed by atoms with Gasteiger partial charge in [-0.25, -0.2) is 0 Å². The zero-order valence-electron chi connectivity index (χ0n) is 12.3. The van der Waals surface area contributed by atoms with Crippen molar-refractivity contribution in [3.05, 3.63) is 60.8 Å². The molecule has 6 heteroatoms. The van der Waals surface area contributed by atoms with Crippen molar-refractivity contribution in [1.82, 2.24) is 9.97 Å². The van der Waals surface area contributed by atoms with Crippen LogP contribution in [0.3, 0.4) is 0 Å². The van der Waals surface area contributed by atoms with Gasteiger partial charge in [0.2, 0.25) is 0 Å². The molecule has 2 heterocycles. The number of alkyl halides is 3. The van der Waals surface area contributed by atoms with Crippen LogP contribution in [0.4, 0.5) is 13.2 Å². The third-order valence-electron chi connectivity index (χ3n) is 3.79. The Morgan fingerprint density at radius 2 is 1.62 bits per heavy atom. The lowest BCUT2D eigenvalue weighted by Gasteiger charge is -2.09. The molecule has 0 unspecified atom stereocenters. The number of para-hydroxylation sites is 1. The summed E-state index contributed by atoms with van der Waals surface area (Å²) in [5.41, 5.74) is 3.23. The average molecular weight is 328 g/mol. The number of hydrogen-bond donors (Lipinski definition) is 1. The second kappa shape index (κ2) is 5.26. The second-order valence-corrected chi connectivity index (χ2v) is 5.32. The first-order chi connectivity index (χ1) is 11.5. The summed E-state index contributed by atoms with van der Waals surface area (Å²) in [5.74, 6) is -0.255. The SMILES string of the molecule is FC(F)(F)Oc1ccc(-c2nccc3c2[nH]c2ccccc23)cc1. The highest BCUT2D eigenvalue weighted by atomic mass is 19.4. The van der Waals surface area contributed by atoms with Gasteiger partial charge in [0.05, 0.1) is 11.2 Å². The first kappa shape index (κ1) is 14.6. The highest BCUT2D eigenvalue weighted by Gasteiger charge is 2.31. The molecule has 120 valence electrons. The molecule has 3 nitrogen and oxygen atoms in total. The Kier molecular flexibility index (Phi) is 3.19. The van der Waals surface area contributed by atoms with Crippen molar-refractivity contribution in [2.45, 2.75) is 6.36 Å². The summed E-state index contributed by atoms with van der Waals surface area (Å²) in [5, 5.41) is 2.10. The van der Waals surface area contributed by atoms with Crippen molar-refractivity contribution < 1.29 is 17.9 Å². The Labute approximate surface area is 134 Å². The second-order valence-electron chi connectivity index (χ2n) is 5.32. The summed E-state index contributed by atoms with van der Waals surface area (Å²) in [6.45, 7) is 0. The van der Waals surface area contributed by atoms with Crippen LogP contribution in [-0.4, -0.2) is 16.3 Å². The minimum Gasteiger partial charge on any atom is -0.406 e. The van der Waals surface area contributed by atoms with Crippen LogP contribution in [0, 0.1) is 0 Å². The van der Waals surface area contributed by atoms with Crippen molar-refractivity contribution in [3.63, 3.8) is 0 Å². The molecule has 2 aromatic heterocycles. The van der Waals surface area contributed by atoms with Crippen LogP contribution < -0.4 is 4.74 Å². The number of hydrogen-bond acceptors (Lipinski definition) is 2. The molecular formula is C18H11F3N2O. The fraction of sp³-hybridized carbons (Fsp3) is 0.0556. The third kappa shape index (κ3) is 2.56. The Bertz CT molecular complexity index is 1020. The Balaban J connectivity index is 1.81. The van der Waals surface area contributed by atoms with E-state index >= 15 is 0 Å². The zero-order chi connectivity index (χ0) is 16.7. The summed E-state index contributed by atoms with van der Waals surface area (Å²) >= 11 is 0. The maximum absolute atomic E-state index is 12.3. The summed E-state index contributed by atoms with van der Waals surface area (Å²) in [6.07, 6.45) is -3.00. The first-order valence-corrected chi connectivity index (χ1v) is 7.23. The van der Waals surface area contributed by atoms with Crippen molar-refractivity contribution >= 4 is 21.8 Å². The average Bonchev–Trinajstić information content (AvgIpc) is 2.93. The van der Waals surface area contributed by atoms with E-state index in [1.54, 1.807) is 18.3 Å². The molecule has 24 heavy (non-hydrogen) atoms. The maximum Gasteiger partial charge on any atom is 0.573 e. The minimum atomic E-state index is -4.70. The lowest BCUT2D eigenvalue weighted by atomic mass is 10.1. The van der Waals surface area contributed by atoms with Gasteiger partial charge >= 0.3 is 6.36 Å². The van der Waals surface area contributed by atoms with Gasteiger partial charge in [-0.1, -0.05) is 18.2 Å². The molecule has 0 radical (unpaired) electrons. The number of rotatable bonds is 2. The minimum absolute atomic E-state index is 0.255. The lowest BCUT2D eigenvalue weighted by Crippen LogP contribution is -2.16. The molecule has 0 spiro atoms. The molecule has 0 aliphatic carbocycles. The number of fused-ring (bicyclic) bond motifs is 3. The molecular weight excluding hydrogens is 317 g/mol. The maximum atomic E-state index is 12.3. The van der Waals surface area contributed by atoms with E-state index in [-0.39, 0.29) is 5.75 Å². The zero-order valence-corrected chi connectivity index (χ0v) is 12.3. The monoisotopic (exact) mass is 328 g/mol. The first-order valence-electron chi connectivity index (χ1n) is 7.23. The van der Waals surface area contributed by atoms with Gasteiger partial charge in [0.15, 0.2) is 0 Å². The van der Waals surface area contributed by atoms with Gasteiger partial charge in [0.1, 0.15) is 5.75 Å². The van der Waals surface area contributed by atoms with Crippen LogP contribution in [0.25, 0.3) is 33.1 Å². The molecule has 2 aromatic carbocycles. The number of pyridine rings is 1. The van der Waals surface area contributed by atoms with Crippen LogP contribution in [0.2, 0.25) is 0 Å². The lowest BCUT2D eigenvalue weighted by molar-refractivity contribution is -0.274. The molecule has 4 rings (SSSR count). The van der Waals surface area contributed by atoms with Gasteiger partial charge in [-0.3, -0.25) is 4.98 Å². The number of nitrogens with zero attached hydrogens (tertiary/aromatic N) is 1. The fourth-order valence-electron chi connectivity index (χ4n) is 2.81. The fourth-order valence-corrected chi connectivity index (χ4v) is 2.81. The van der Waals surface area contributed by atoms with E-state index in [0.29, 0.717) is 11.3 Å². The normalized spacial score (nSPS) is 12.0. The van der Waals surface area contributed by atoms with Crippen LogP contribution in [-0.2, 0) is 0 Å². The number of aromatic amines is 1. The largest absolute Gasteiger partial charge is 0.573 e. The summed E-state index contributed by atoms with van der Waals surface area (Å²) in [7, 11) is 0. The molecule has 0 saturated heterocycles. The predicted molar refractivity (Wildman–Crippen MR) is 85.7 cm³/mol. The van der Waals surface area contributed by atoms with Crippen LogP contribution in [0.5, 0.6) is 5.75 Å². The van der Waals surface area contributed by atoms with E-state index in [2.05, 4.69) is 14.7 Å². The Morgan fingerprint density at radius 1 is 0.875 bits per heavy atom. The molecule has 0 amide bonds. The van der Waals surface area contributed by atoms with Gasteiger partial charge in [-0.2, -0.15) is 0 Å². The molecule has 0 aliphatic rings. The highest BCUT2D eigenvalue weighted by molar-refractivity contribution is 6.10. The number of H-pyrrole nitrogens is 1. The topological polar surface area (TPSA) is 37.9 Å². The van der Waals surface area contributed by atoms with Gasteiger partial charge < -0.3 is 9.72 Å². The van der Waals surface area contributed by atoms with E-state index < -0.39 is 6.36 Å². The third-order valence-corrected chi connectivity index (χ3v) is 3.79. The van der Waals surface area contributed by atoms with Crippen LogP contribution in [0.15, 0.2) is 60.8 Å². The van der Waals surface area contributed by atoms with E-state index in [1.807, 2.05) is 30.3 Å². The molecule has 0 bridgehead atoms. The smallest absolute Gasteiger partial charge is 0.406 e. The number of ether oxygens (including phenoxy) is 1. The molecule has 4 aromatic rings. The summed E-state index contributed by atoms with van der Waals surface area (Å²) < 4.78 is 40.7. The quantitative estimate of drug-likeness (QED) is 0.543. The standard InChI is InChI=1S/C18H11F3N2O/c19-18(20,21)24-12-7-5-11(6-8-12)16-17-14(9-10-22-16)13-3-1-2-4-15(13)23-17/h1-10,23H. The van der Waals surface area contributed by atoms with Gasteiger partial charge in [-0.15, -0.1) is 13.2 Å².